The molecule has 1 aromatic rings. The number of ketones is 1. The van der Waals surface area contributed by atoms with Crippen molar-refractivity contribution in [1.82, 2.24) is 0 Å². The van der Waals surface area contributed by atoms with E-state index in [4.69, 9.17) is 4.74 Å². The van der Waals surface area contributed by atoms with Gasteiger partial charge >= 0.3 is 5.97 Å². The van der Waals surface area contributed by atoms with Gasteiger partial charge in [-0.3, -0.25) is 4.79 Å². The second-order valence-electron chi connectivity index (χ2n) is 5.42. The normalized spacial score (nSPS) is 26.0. The fourth-order valence-corrected chi connectivity index (χ4v) is 2.51. The smallest absolute Gasteiger partial charge is 0.338 e. The van der Waals surface area contributed by atoms with Crippen LogP contribution in [0.5, 0.6) is 0 Å². The number of hydrogen-bond acceptors (Lipinski definition) is 5. The van der Waals surface area contributed by atoms with Crippen LogP contribution in [0, 0.1) is 5.92 Å². The molecule has 0 amide bonds. The molecule has 3 unspecified atom stereocenters. The van der Waals surface area contributed by atoms with E-state index in [1.165, 1.54) is 6.92 Å². The summed E-state index contributed by atoms with van der Waals surface area (Å²) in [4.78, 5) is 23.1. The van der Waals surface area contributed by atoms with E-state index in [2.05, 4.69) is 12.3 Å². The fraction of sp³-hybridized carbons (Fsp3) is 0.353. The van der Waals surface area contributed by atoms with Gasteiger partial charge in [-0.1, -0.05) is 24.8 Å². The highest BCUT2D eigenvalue weighted by Crippen LogP contribution is 2.48. The van der Waals surface area contributed by atoms with E-state index in [1.54, 1.807) is 30.3 Å². The minimum absolute atomic E-state index is 0.00994. The minimum atomic E-state index is -1.51. The maximum absolute atomic E-state index is 11.8. The molecule has 1 saturated carbocycles. The van der Waals surface area contributed by atoms with Crippen LogP contribution in [0.1, 0.15) is 23.7 Å². The fourth-order valence-electron chi connectivity index (χ4n) is 2.51. The Morgan fingerprint density at radius 3 is 2.50 bits per heavy atom. The molecule has 2 N–H and O–H groups in total. The van der Waals surface area contributed by atoms with Crippen molar-refractivity contribution in [3.05, 3.63) is 53.8 Å². The molecular weight excluding hydrogens is 284 g/mol. The van der Waals surface area contributed by atoms with Gasteiger partial charge in [0.05, 0.1) is 17.6 Å². The van der Waals surface area contributed by atoms with Crippen LogP contribution >= 0.6 is 0 Å². The SMILES string of the molecule is C=C=C(COC(=O)c1ccccc1)CC1(O)C(O)C1C(C)=O. The molecule has 0 heterocycles. The third-order valence-electron chi connectivity index (χ3n) is 3.83. The molecule has 5 heteroatoms. The highest BCUT2D eigenvalue weighted by atomic mass is 16.5. The van der Waals surface area contributed by atoms with Crippen LogP contribution in [0.4, 0.5) is 0 Å². The molecule has 0 saturated heterocycles. The summed E-state index contributed by atoms with van der Waals surface area (Å²) < 4.78 is 5.13. The Bertz CT molecular complexity index is 630. The third-order valence-corrected chi connectivity index (χ3v) is 3.83. The highest BCUT2D eigenvalue weighted by molar-refractivity contribution is 5.89. The maximum Gasteiger partial charge on any atom is 0.338 e. The second kappa shape index (κ2) is 6.28. The topological polar surface area (TPSA) is 83.8 Å². The van der Waals surface area contributed by atoms with Gasteiger partial charge in [-0.05, 0) is 19.1 Å². The van der Waals surface area contributed by atoms with E-state index in [0.29, 0.717) is 11.1 Å². The zero-order valence-electron chi connectivity index (χ0n) is 12.3. The lowest BCUT2D eigenvalue weighted by molar-refractivity contribution is -0.119. The van der Waals surface area contributed by atoms with E-state index >= 15 is 0 Å². The van der Waals surface area contributed by atoms with Gasteiger partial charge in [0.15, 0.2) is 0 Å². The predicted octanol–water partition coefficient (Wildman–Crippen LogP) is 1.26. The molecule has 5 nitrogen and oxygen atoms in total. The Hall–Kier alpha value is -2.20. The van der Waals surface area contributed by atoms with Gasteiger partial charge < -0.3 is 14.9 Å². The number of Topliss-reactive ketones (excluding diaryl/α,β-unsaturated/α-hetero) is 1. The summed E-state index contributed by atoms with van der Waals surface area (Å²) in [5.41, 5.74) is 1.92. The first-order chi connectivity index (χ1) is 10.4. The van der Waals surface area contributed by atoms with E-state index in [0.717, 1.165) is 0 Å². The van der Waals surface area contributed by atoms with Crippen molar-refractivity contribution < 1.29 is 24.5 Å². The molecule has 0 radical (unpaired) electrons. The number of ether oxygens (including phenoxy) is 1. The first kappa shape index (κ1) is 16.2. The van der Waals surface area contributed by atoms with Gasteiger partial charge in [0.25, 0.3) is 0 Å². The number of aliphatic hydroxyl groups is 2. The van der Waals surface area contributed by atoms with Crippen LogP contribution in [0.15, 0.2) is 48.2 Å². The minimum Gasteiger partial charge on any atom is -0.457 e. The summed E-state index contributed by atoms with van der Waals surface area (Å²) in [7, 11) is 0. The number of aliphatic hydroxyl groups excluding tert-OH is 1. The van der Waals surface area contributed by atoms with Crippen LogP contribution in [0.3, 0.4) is 0 Å². The van der Waals surface area contributed by atoms with Crippen molar-refractivity contribution >= 4 is 11.8 Å². The molecule has 0 spiro atoms. The van der Waals surface area contributed by atoms with Crippen molar-refractivity contribution in [2.24, 2.45) is 5.92 Å². The zero-order valence-corrected chi connectivity index (χ0v) is 12.3. The lowest BCUT2D eigenvalue weighted by Crippen LogP contribution is -2.20. The van der Waals surface area contributed by atoms with E-state index < -0.39 is 23.6 Å². The molecule has 1 aliphatic rings. The Morgan fingerprint density at radius 1 is 1.36 bits per heavy atom. The Labute approximate surface area is 128 Å². The first-order valence-corrected chi connectivity index (χ1v) is 6.91. The lowest BCUT2D eigenvalue weighted by atomic mass is 10.0. The number of carbonyl (C=O) groups is 2. The molecule has 0 bridgehead atoms. The number of benzene rings is 1. The average Bonchev–Trinajstić information content (AvgIpc) is 3.05. The number of carbonyl (C=O) groups excluding carboxylic acids is 2. The van der Waals surface area contributed by atoms with Crippen molar-refractivity contribution in [2.45, 2.75) is 25.0 Å². The summed E-state index contributed by atoms with van der Waals surface area (Å²) >= 11 is 0. The molecule has 22 heavy (non-hydrogen) atoms. The summed E-state index contributed by atoms with van der Waals surface area (Å²) in [6.07, 6.45) is -1.11. The standard InChI is InChI=1S/C17H18O5/c1-3-12(9-17(21)14(11(2)18)15(17)19)10-22-16(20)13-7-5-4-6-8-13/h4-8,14-15,19,21H,1,9-10H2,2H3. The van der Waals surface area contributed by atoms with Crippen LogP contribution in [-0.4, -0.2) is 40.3 Å². The van der Waals surface area contributed by atoms with E-state index in [1.807, 2.05) is 0 Å². The molecule has 0 aromatic heterocycles. The molecular formula is C17H18O5. The number of esters is 1. The van der Waals surface area contributed by atoms with Gasteiger partial charge in [-0.15, -0.1) is 5.73 Å². The zero-order chi connectivity index (χ0) is 16.3. The number of rotatable bonds is 6. The van der Waals surface area contributed by atoms with Crippen LogP contribution in [0.2, 0.25) is 0 Å². The molecule has 1 aliphatic carbocycles. The van der Waals surface area contributed by atoms with Gasteiger partial charge in [-0.25, -0.2) is 4.79 Å². The molecule has 116 valence electrons. The van der Waals surface area contributed by atoms with Crippen LogP contribution in [-0.2, 0) is 9.53 Å². The summed E-state index contributed by atoms with van der Waals surface area (Å²) in [6.45, 7) is 4.71. The van der Waals surface area contributed by atoms with Crippen LogP contribution in [0.25, 0.3) is 0 Å². The maximum atomic E-state index is 11.8. The van der Waals surface area contributed by atoms with Gasteiger partial charge in [0.1, 0.15) is 18.0 Å². The number of hydrogen-bond donors (Lipinski definition) is 2. The van der Waals surface area contributed by atoms with Gasteiger partial charge in [0.2, 0.25) is 0 Å². The predicted molar refractivity (Wildman–Crippen MR) is 79.1 cm³/mol. The summed E-state index contributed by atoms with van der Waals surface area (Å²) in [5.74, 6) is -1.58. The second-order valence-corrected chi connectivity index (χ2v) is 5.42. The van der Waals surface area contributed by atoms with Crippen molar-refractivity contribution in [3.63, 3.8) is 0 Å². The Morgan fingerprint density at radius 2 is 2.00 bits per heavy atom. The Kier molecular flexibility index (Phi) is 4.62. The first-order valence-electron chi connectivity index (χ1n) is 6.91. The van der Waals surface area contributed by atoms with Crippen LogP contribution < -0.4 is 0 Å². The Balaban J connectivity index is 1.93. The molecule has 1 aromatic carbocycles. The summed E-state index contributed by atoms with van der Waals surface area (Å²) in [6, 6.07) is 8.49. The molecule has 2 rings (SSSR count). The molecule has 3 atom stereocenters. The average molecular weight is 302 g/mol. The van der Waals surface area contributed by atoms with Gasteiger partial charge in [0, 0.05) is 12.0 Å². The lowest BCUT2D eigenvalue weighted by Gasteiger charge is -2.12. The van der Waals surface area contributed by atoms with Crippen molar-refractivity contribution in [3.8, 4) is 0 Å². The summed E-state index contributed by atoms with van der Waals surface area (Å²) in [5, 5.41) is 19.9. The van der Waals surface area contributed by atoms with Gasteiger partial charge in [-0.2, -0.15) is 0 Å². The van der Waals surface area contributed by atoms with E-state index in [9.17, 15) is 19.8 Å². The molecule has 0 aliphatic heterocycles. The van der Waals surface area contributed by atoms with Crippen molar-refractivity contribution in [1.29, 1.82) is 0 Å². The monoisotopic (exact) mass is 302 g/mol. The highest BCUT2D eigenvalue weighted by Gasteiger charge is 2.66. The largest absolute Gasteiger partial charge is 0.457 e. The van der Waals surface area contributed by atoms with E-state index in [-0.39, 0.29) is 18.8 Å². The molecule has 1 fully saturated rings. The third kappa shape index (κ3) is 3.17. The van der Waals surface area contributed by atoms with Crippen molar-refractivity contribution in [2.75, 3.05) is 6.61 Å². The quantitative estimate of drug-likeness (QED) is 0.610.